The first-order valence-electron chi connectivity index (χ1n) is 9.87. The normalized spacial score (nSPS) is 14.1. The summed E-state index contributed by atoms with van der Waals surface area (Å²) in [5.41, 5.74) is 2.15. The van der Waals surface area contributed by atoms with Crippen LogP contribution in [0.2, 0.25) is 0 Å². The van der Waals surface area contributed by atoms with Crippen LogP contribution in [0.5, 0.6) is 0 Å². The molecule has 1 aliphatic heterocycles. The smallest absolute Gasteiger partial charge is 0.315 e. The van der Waals surface area contributed by atoms with Crippen LogP contribution in [-0.2, 0) is 13.1 Å². The van der Waals surface area contributed by atoms with Crippen molar-refractivity contribution >= 4 is 23.0 Å². The zero-order chi connectivity index (χ0) is 20.1. The maximum atomic E-state index is 12.7. The van der Waals surface area contributed by atoms with E-state index in [-0.39, 0.29) is 11.9 Å². The molecular formula is C20H24N6O3. The van der Waals surface area contributed by atoms with Gasteiger partial charge in [0, 0.05) is 25.2 Å². The Kier molecular flexibility index (Phi) is 5.73. The molecule has 1 aliphatic rings. The quantitative estimate of drug-likeness (QED) is 0.664. The third kappa shape index (κ3) is 4.56. The zero-order valence-electron chi connectivity index (χ0n) is 16.1. The summed E-state index contributed by atoms with van der Waals surface area (Å²) in [6.45, 7) is 2.84. The van der Waals surface area contributed by atoms with Crippen molar-refractivity contribution in [2.45, 2.75) is 32.4 Å². The number of fused-ring (bicyclic) bond motifs is 1. The van der Waals surface area contributed by atoms with Gasteiger partial charge >= 0.3 is 6.03 Å². The van der Waals surface area contributed by atoms with Crippen LogP contribution in [0.15, 0.2) is 41.0 Å². The van der Waals surface area contributed by atoms with Crippen molar-refractivity contribution in [2.75, 3.05) is 19.6 Å². The molecule has 0 aliphatic carbocycles. The summed E-state index contributed by atoms with van der Waals surface area (Å²) in [5.74, 6) is 0.744. The van der Waals surface area contributed by atoms with E-state index in [9.17, 15) is 9.59 Å². The number of piperidine rings is 1. The van der Waals surface area contributed by atoms with Crippen LogP contribution in [0.1, 0.15) is 35.4 Å². The Labute approximate surface area is 168 Å². The molecule has 29 heavy (non-hydrogen) atoms. The van der Waals surface area contributed by atoms with Gasteiger partial charge in [-0.05, 0) is 49.6 Å². The Morgan fingerprint density at radius 1 is 1.10 bits per heavy atom. The molecule has 1 fully saturated rings. The van der Waals surface area contributed by atoms with Gasteiger partial charge in [0.05, 0.1) is 24.9 Å². The van der Waals surface area contributed by atoms with Gasteiger partial charge in [0.2, 0.25) is 0 Å². The molecule has 9 heteroatoms. The standard InChI is InChI=1S/C20H24N6O3/c27-19(25-9-2-1-3-10-25)15-6-7-18-17(13-15)23-24-26(18)11-8-21-20(28)22-14-16-5-4-12-29-16/h4-7,12-13H,1-3,8-11,14H2,(H2,21,22,28). The average Bonchev–Trinajstić information content (AvgIpc) is 3.42. The second kappa shape index (κ2) is 8.76. The molecule has 0 saturated carbocycles. The van der Waals surface area contributed by atoms with E-state index in [1.807, 2.05) is 17.0 Å². The summed E-state index contributed by atoms with van der Waals surface area (Å²) < 4.78 is 6.89. The van der Waals surface area contributed by atoms with Gasteiger partial charge in [-0.2, -0.15) is 0 Å². The van der Waals surface area contributed by atoms with Gasteiger partial charge in [-0.25, -0.2) is 9.48 Å². The molecule has 2 aromatic heterocycles. The molecule has 0 atom stereocenters. The predicted octanol–water partition coefficient (Wildman–Crippen LogP) is 2.15. The lowest BCUT2D eigenvalue weighted by Gasteiger charge is -2.26. The SMILES string of the molecule is O=C(NCCn1nnc2cc(C(=O)N3CCCCC3)ccc21)NCc1ccco1. The highest BCUT2D eigenvalue weighted by atomic mass is 16.3. The van der Waals surface area contributed by atoms with Crippen LogP contribution in [0.4, 0.5) is 4.79 Å². The Morgan fingerprint density at radius 2 is 1.97 bits per heavy atom. The Bertz CT molecular complexity index is 975. The number of rotatable bonds is 6. The fourth-order valence-corrected chi connectivity index (χ4v) is 3.47. The Morgan fingerprint density at radius 3 is 2.76 bits per heavy atom. The first-order chi connectivity index (χ1) is 14.2. The molecule has 152 valence electrons. The fourth-order valence-electron chi connectivity index (χ4n) is 3.47. The summed E-state index contributed by atoms with van der Waals surface area (Å²) in [6, 6.07) is 8.77. The van der Waals surface area contributed by atoms with E-state index < -0.39 is 0 Å². The first-order valence-corrected chi connectivity index (χ1v) is 9.87. The molecule has 0 radical (unpaired) electrons. The number of nitrogens with zero attached hydrogens (tertiary/aromatic N) is 4. The zero-order valence-corrected chi connectivity index (χ0v) is 16.1. The number of hydrogen-bond donors (Lipinski definition) is 2. The number of urea groups is 1. The van der Waals surface area contributed by atoms with Crippen LogP contribution >= 0.6 is 0 Å². The highest BCUT2D eigenvalue weighted by Gasteiger charge is 2.19. The van der Waals surface area contributed by atoms with Crippen LogP contribution < -0.4 is 10.6 Å². The van der Waals surface area contributed by atoms with E-state index in [0.717, 1.165) is 31.4 Å². The van der Waals surface area contributed by atoms with Crippen molar-refractivity contribution in [1.29, 1.82) is 0 Å². The number of benzene rings is 1. The first kappa shape index (κ1) is 19.0. The third-order valence-corrected chi connectivity index (χ3v) is 5.02. The third-order valence-electron chi connectivity index (χ3n) is 5.02. The molecule has 0 spiro atoms. The van der Waals surface area contributed by atoms with Crippen molar-refractivity contribution in [3.05, 3.63) is 47.9 Å². The largest absolute Gasteiger partial charge is 0.467 e. The van der Waals surface area contributed by atoms with E-state index in [0.29, 0.717) is 36.5 Å². The van der Waals surface area contributed by atoms with Gasteiger partial charge < -0.3 is 20.0 Å². The predicted molar refractivity (Wildman–Crippen MR) is 106 cm³/mol. The van der Waals surface area contributed by atoms with E-state index in [1.165, 1.54) is 6.42 Å². The summed E-state index contributed by atoms with van der Waals surface area (Å²) in [4.78, 5) is 26.4. The van der Waals surface area contributed by atoms with E-state index in [4.69, 9.17) is 4.42 Å². The number of hydrogen-bond acceptors (Lipinski definition) is 5. The second-order valence-corrected chi connectivity index (χ2v) is 7.06. The highest BCUT2D eigenvalue weighted by molar-refractivity contribution is 5.97. The monoisotopic (exact) mass is 396 g/mol. The van der Waals surface area contributed by atoms with Gasteiger partial charge in [0.25, 0.3) is 5.91 Å². The molecule has 0 bridgehead atoms. The van der Waals surface area contributed by atoms with E-state index in [2.05, 4.69) is 20.9 Å². The molecule has 0 unspecified atom stereocenters. The Hall–Kier alpha value is -3.36. The summed E-state index contributed by atoms with van der Waals surface area (Å²) >= 11 is 0. The van der Waals surface area contributed by atoms with Gasteiger partial charge in [0.1, 0.15) is 11.3 Å². The fraction of sp³-hybridized carbons (Fsp3) is 0.400. The van der Waals surface area contributed by atoms with Crippen molar-refractivity contribution in [2.24, 2.45) is 0 Å². The molecule has 3 amide bonds. The van der Waals surface area contributed by atoms with Crippen LogP contribution in [0.3, 0.4) is 0 Å². The maximum Gasteiger partial charge on any atom is 0.315 e. The number of furan rings is 1. The summed E-state index contributed by atoms with van der Waals surface area (Å²) in [6.07, 6.45) is 4.88. The summed E-state index contributed by atoms with van der Waals surface area (Å²) in [5, 5.41) is 13.8. The maximum absolute atomic E-state index is 12.7. The van der Waals surface area contributed by atoms with Crippen molar-refractivity contribution in [3.63, 3.8) is 0 Å². The van der Waals surface area contributed by atoms with Crippen molar-refractivity contribution in [3.8, 4) is 0 Å². The number of nitrogens with one attached hydrogen (secondary N) is 2. The summed E-state index contributed by atoms with van der Waals surface area (Å²) in [7, 11) is 0. The minimum absolute atomic E-state index is 0.0519. The number of amides is 3. The number of carbonyl (C=O) groups excluding carboxylic acids is 2. The van der Waals surface area contributed by atoms with E-state index >= 15 is 0 Å². The van der Waals surface area contributed by atoms with Gasteiger partial charge in [0.15, 0.2) is 0 Å². The minimum Gasteiger partial charge on any atom is -0.467 e. The second-order valence-electron chi connectivity index (χ2n) is 7.06. The lowest BCUT2D eigenvalue weighted by atomic mass is 10.1. The molecule has 1 saturated heterocycles. The van der Waals surface area contributed by atoms with Gasteiger partial charge in [-0.3, -0.25) is 4.79 Å². The van der Waals surface area contributed by atoms with Crippen LogP contribution in [0, 0.1) is 0 Å². The highest BCUT2D eigenvalue weighted by Crippen LogP contribution is 2.17. The average molecular weight is 396 g/mol. The number of carbonyl (C=O) groups is 2. The molecule has 1 aromatic carbocycles. The Balaban J connectivity index is 1.31. The lowest BCUT2D eigenvalue weighted by Crippen LogP contribution is -2.36. The molecule has 4 rings (SSSR count). The molecule has 9 nitrogen and oxygen atoms in total. The topological polar surface area (TPSA) is 105 Å². The molecular weight excluding hydrogens is 372 g/mol. The minimum atomic E-state index is -0.278. The molecule has 2 N–H and O–H groups in total. The van der Waals surface area contributed by atoms with Crippen molar-refractivity contribution in [1.82, 2.24) is 30.5 Å². The number of aromatic nitrogens is 3. The molecule has 3 heterocycles. The van der Waals surface area contributed by atoms with Crippen molar-refractivity contribution < 1.29 is 14.0 Å². The van der Waals surface area contributed by atoms with Crippen LogP contribution in [0.25, 0.3) is 11.0 Å². The number of likely N-dealkylation sites (tertiary alicyclic amines) is 1. The van der Waals surface area contributed by atoms with Crippen LogP contribution in [-0.4, -0.2) is 51.5 Å². The van der Waals surface area contributed by atoms with Gasteiger partial charge in [-0.15, -0.1) is 5.10 Å². The van der Waals surface area contributed by atoms with E-state index in [1.54, 1.807) is 29.1 Å². The lowest BCUT2D eigenvalue weighted by molar-refractivity contribution is 0.0724. The van der Waals surface area contributed by atoms with Gasteiger partial charge in [-0.1, -0.05) is 5.21 Å². The molecule has 3 aromatic rings.